The Balaban J connectivity index is 1.73. The van der Waals surface area contributed by atoms with Crippen molar-refractivity contribution in [2.75, 3.05) is 39.2 Å². The molecule has 0 bridgehead atoms. The normalized spacial score (nSPS) is 17.2. The van der Waals surface area contributed by atoms with Crippen LogP contribution in [0.2, 0.25) is 0 Å². The van der Waals surface area contributed by atoms with Crippen LogP contribution in [0, 0.1) is 0 Å². The van der Waals surface area contributed by atoms with Crippen molar-refractivity contribution >= 4 is 5.82 Å². The van der Waals surface area contributed by atoms with E-state index in [0.717, 1.165) is 49.8 Å². The van der Waals surface area contributed by atoms with Gasteiger partial charge in [0.2, 0.25) is 0 Å². The number of hydrogen-bond donors (Lipinski definition) is 1. The molecule has 0 radical (unpaired) electrons. The number of rotatable bonds is 6. The van der Waals surface area contributed by atoms with Crippen molar-refractivity contribution in [3.8, 4) is 11.5 Å². The number of nitrogens with one attached hydrogen (secondary N) is 1. The number of nitrogens with zero attached hydrogens (tertiary/aromatic N) is 4. The van der Waals surface area contributed by atoms with E-state index in [-0.39, 0.29) is 11.5 Å². The molecule has 1 saturated heterocycles. The molecule has 7 nitrogen and oxygen atoms in total. The predicted octanol–water partition coefficient (Wildman–Crippen LogP) is 2.78. The lowest BCUT2D eigenvalue weighted by Crippen LogP contribution is -2.53. The van der Waals surface area contributed by atoms with E-state index in [1.807, 2.05) is 26.0 Å². The third kappa shape index (κ3) is 3.99. The van der Waals surface area contributed by atoms with Crippen molar-refractivity contribution in [1.29, 1.82) is 0 Å². The summed E-state index contributed by atoms with van der Waals surface area (Å²) in [5, 5.41) is 7.51. The first kappa shape index (κ1) is 17.8. The van der Waals surface area contributed by atoms with Crippen LogP contribution in [-0.2, 0) is 4.74 Å². The molecule has 2 aromatic rings. The second-order valence-corrected chi connectivity index (χ2v) is 7.13. The lowest BCUT2D eigenvalue weighted by molar-refractivity contribution is -0.000663. The zero-order chi connectivity index (χ0) is 17.9. The molecule has 1 N–H and O–H groups in total. The van der Waals surface area contributed by atoms with E-state index in [1.165, 1.54) is 0 Å². The van der Waals surface area contributed by atoms with Crippen molar-refractivity contribution < 1.29 is 9.26 Å². The lowest BCUT2D eigenvalue weighted by Gasteiger charge is -2.43. The number of anilines is 1. The van der Waals surface area contributed by atoms with Gasteiger partial charge in [0.05, 0.1) is 0 Å². The van der Waals surface area contributed by atoms with Gasteiger partial charge < -0.3 is 19.5 Å². The van der Waals surface area contributed by atoms with Gasteiger partial charge in [-0.05, 0) is 39.1 Å². The largest absolute Gasteiger partial charge is 0.381 e. The summed E-state index contributed by atoms with van der Waals surface area (Å²) < 4.78 is 10.9. The Morgan fingerprint density at radius 1 is 1.28 bits per heavy atom. The average Bonchev–Trinajstić information content (AvgIpc) is 3.11. The van der Waals surface area contributed by atoms with Gasteiger partial charge in [0, 0.05) is 43.0 Å². The molecule has 0 aromatic carbocycles. The zero-order valence-electron chi connectivity index (χ0n) is 15.5. The van der Waals surface area contributed by atoms with Gasteiger partial charge in [-0.25, -0.2) is 4.98 Å². The first-order valence-corrected chi connectivity index (χ1v) is 8.79. The van der Waals surface area contributed by atoms with Gasteiger partial charge in [0.15, 0.2) is 5.82 Å². The topological polar surface area (TPSA) is 76.3 Å². The highest BCUT2D eigenvalue weighted by Gasteiger charge is 2.34. The number of likely N-dealkylation sites (N-methyl/N-ethyl adjacent to an activating group) is 1. The third-order valence-corrected chi connectivity index (χ3v) is 4.94. The molecular formula is C18H27N5O2. The Morgan fingerprint density at radius 3 is 2.68 bits per heavy atom. The molecular weight excluding hydrogens is 318 g/mol. The molecule has 0 atom stereocenters. The van der Waals surface area contributed by atoms with Crippen molar-refractivity contribution in [2.24, 2.45) is 0 Å². The fourth-order valence-corrected chi connectivity index (χ4v) is 3.04. The molecule has 0 saturated carbocycles. The average molecular weight is 345 g/mol. The van der Waals surface area contributed by atoms with Gasteiger partial charge in [-0.1, -0.05) is 19.0 Å². The van der Waals surface area contributed by atoms with Crippen LogP contribution in [0.15, 0.2) is 22.9 Å². The highest BCUT2D eigenvalue weighted by molar-refractivity contribution is 5.58. The molecule has 1 fully saturated rings. The second kappa shape index (κ2) is 7.49. The molecule has 3 rings (SSSR count). The molecule has 1 aliphatic heterocycles. The van der Waals surface area contributed by atoms with E-state index >= 15 is 0 Å². The SMILES string of the molecule is CC(C)c1noc(-c2ccnc(NCC3(N(C)C)CCOCC3)c2)n1. The predicted molar refractivity (Wildman–Crippen MR) is 96.6 cm³/mol. The van der Waals surface area contributed by atoms with Gasteiger partial charge >= 0.3 is 0 Å². The van der Waals surface area contributed by atoms with Gasteiger partial charge in [-0.2, -0.15) is 4.98 Å². The van der Waals surface area contributed by atoms with Crippen LogP contribution < -0.4 is 5.32 Å². The minimum atomic E-state index is 0.0885. The fraction of sp³-hybridized carbons (Fsp3) is 0.611. The molecule has 3 heterocycles. The van der Waals surface area contributed by atoms with E-state index < -0.39 is 0 Å². The van der Waals surface area contributed by atoms with Crippen molar-refractivity contribution in [3.05, 3.63) is 24.2 Å². The molecule has 1 aliphatic rings. The van der Waals surface area contributed by atoms with E-state index in [1.54, 1.807) is 6.20 Å². The van der Waals surface area contributed by atoms with E-state index in [0.29, 0.717) is 5.89 Å². The smallest absolute Gasteiger partial charge is 0.258 e. The Morgan fingerprint density at radius 2 is 2.04 bits per heavy atom. The zero-order valence-corrected chi connectivity index (χ0v) is 15.5. The molecule has 25 heavy (non-hydrogen) atoms. The van der Waals surface area contributed by atoms with E-state index in [2.05, 4.69) is 39.4 Å². The van der Waals surface area contributed by atoms with Gasteiger partial charge in [-0.3, -0.25) is 0 Å². The maximum Gasteiger partial charge on any atom is 0.258 e. The molecule has 136 valence electrons. The number of hydrogen-bond acceptors (Lipinski definition) is 7. The van der Waals surface area contributed by atoms with Crippen molar-refractivity contribution in [1.82, 2.24) is 20.0 Å². The summed E-state index contributed by atoms with van der Waals surface area (Å²) in [7, 11) is 4.26. The maximum absolute atomic E-state index is 5.53. The van der Waals surface area contributed by atoms with E-state index in [9.17, 15) is 0 Å². The minimum absolute atomic E-state index is 0.0885. The maximum atomic E-state index is 5.53. The van der Waals surface area contributed by atoms with Crippen LogP contribution in [0.1, 0.15) is 38.4 Å². The minimum Gasteiger partial charge on any atom is -0.381 e. The summed E-state index contributed by atoms with van der Waals surface area (Å²) in [6.45, 7) is 6.51. The molecule has 7 heteroatoms. The first-order valence-electron chi connectivity index (χ1n) is 8.79. The fourth-order valence-electron chi connectivity index (χ4n) is 3.04. The third-order valence-electron chi connectivity index (χ3n) is 4.94. The summed E-state index contributed by atoms with van der Waals surface area (Å²) in [5.74, 6) is 2.30. The molecule has 0 aliphatic carbocycles. The quantitative estimate of drug-likeness (QED) is 0.862. The van der Waals surface area contributed by atoms with Crippen LogP contribution in [-0.4, -0.2) is 59.4 Å². The van der Waals surface area contributed by atoms with Gasteiger partial charge in [-0.15, -0.1) is 0 Å². The Labute approximate surface area is 148 Å². The molecule has 0 unspecified atom stereocenters. The lowest BCUT2D eigenvalue weighted by atomic mass is 9.88. The summed E-state index contributed by atoms with van der Waals surface area (Å²) in [5.41, 5.74) is 0.966. The summed E-state index contributed by atoms with van der Waals surface area (Å²) in [6, 6.07) is 3.85. The van der Waals surface area contributed by atoms with E-state index in [4.69, 9.17) is 9.26 Å². The highest BCUT2D eigenvalue weighted by Crippen LogP contribution is 2.27. The number of aromatic nitrogens is 3. The molecule has 0 amide bonds. The van der Waals surface area contributed by atoms with Crippen LogP contribution >= 0.6 is 0 Å². The summed E-state index contributed by atoms with van der Waals surface area (Å²) in [4.78, 5) is 11.2. The summed E-state index contributed by atoms with van der Waals surface area (Å²) >= 11 is 0. The summed E-state index contributed by atoms with van der Waals surface area (Å²) in [6.07, 6.45) is 3.78. The Bertz CT molecular complexity index is 692. The van der Waals surface area contributed by atoms with Crippen LogP contribution in [0.3, 0.4) is 0 Å². The van der Waals surface area contributed by atoms with Crippen LogP contribution in [0.25, 0.3) is 11.5 Å². The Hall–Kier alpha value is -1.99. The van der Waals surface area contributed by atoms with Crippen molar-refractivity contribution in [2.45, 2.75) is 38.1 Å². The highest BCUT2D eigenvalue weighted by atomic mass is 16.5. The number of pyridine rings is 1. The standard InChI is InChI=1S/C18H27N5O2/c1-13(2)16-21-17(25-22-16)14-5-8-19-15(11-14)20-12-18(23(3)4)6-9-24-10-7-18/h5,8,11,13H,6-7,9-10,12H2,1-4H3,(H,19,20). The molecule has 0 spiro atoms. The van der Waals surface area contributed by atoms with Crippen LogP contribution in [0.5, 0.6) is 0 Å². The van der Waals surface area contributed by atoms with Crippen LogP contribution in [0.4, 0.5) is 5.82 Å². The van der Waals surface area contributed by atoms with Gasteiger partial charge in [0.25, 0.3) is 5.89 Å². The van der Waals surface area contributed by atoms with Crippen molar-refractivity contribution in [3.63, 3.8) is 0 Å². The number of ether oxygens (including phenoxy) is 1. The second-order valence-electron chi connectivity index (χ2n) is 7.13. The van der Waals surface area contributed by atoms with Gasteiger partial charge in [0.1, 0.15) is 5.82 Å². The monoisotopic (exact) mass is 345 g/mol. The molecule has 2 aromatic heterocycles. The Kier molecular flexibility index (Phi) is 5.34. The first-order chi connectivity index (χ1) is 12.0.